The van der Waals surface area contributed by atoms with Crippen molar-refractivity contribution in [2.24, 2.45) is 56.7 Å². The van der Waals surface area contributed by atoms with Crippen LogP contribution < -0.4 is 0 Å². The second kappa shape index (κ2) is 14.0. The third-order valence-electron chi connectivity index (χ3n) is 17.3. The van der Waals surface area contributed by atoms with Crippen LogP contribution in [0.3, 0.4) is 0 Å². The maximum absolute atomic E-state index is 14.6. The van der Waals surface area contributed by atoms with Gasteiger partial charge in [-0.15, -0.1) is 0 Å². The Hall–Kier alpha value is -1.68. The molecule has 55 heavy (non-hydrogen) atoms. The molecule has 13 nitrogen and oxygen atoms in total. The Bertz CT molecular complexity index is 1530. The van der Waals surface area contributed by atoms with Crippen LogP contribution in [0.2, 0.25) is 0 Å². The number of hydrogen-bond donors (Lipinski definition) is 7. The topological polar surface area (TPSA) is 213 Å². The number of carboxylic acids is 1. The molecule has 0 aromatic carbocycles. The highest BCUT2D eigenvalue weighted by Crippen LogP contribution is 2.76. The predicted molar refractivity (Wildman–Crippen MR) is 197 cm³/mol. The van der Waals surface area contributed by atoms with E-state index in [9.17, 15) is 45.3 Å². The number of carbonyl (C=O) groups excluding carboxylic acids is 1. The monoisotopic (exact) mass is 778 g/mol. The molecule has 20 atom stereocenters. The molecule has 312 valence electrons. The molecule has 7 unspecified atom stereocenters. The van der Waals surface area contributed by atoms with E-state index in [2.05, 4.69) is 47.6 Å². The van der Waals surface area contributed by atoms with E-state index in [1.165, 1.54) is 0 Å². The lowest BCUT2D eigenvalue weighted by molar-refractivity contribution is -0.324. The van der Waals surface area contributed by atoms with Crippen molar-refractivity contribution in [3.63, 3.8) is 0 Å². The smallest absolute Gasteiger partial charge is 0.315 e. The summed E-state index contributed by atoms with van der Waals surface area (Å²) in [4.78, 5) is 28.8. The number of rotatable bonds is 5. The van der Waals surface area contributed by atoms with E-state index in [-0.39, 0.29) is 41.6 Å². The number of fused-ring (bicyclic) bond motifs is 7. The molecule has 13 heteroatoms. The van der Waals surface area contributed by atoms with Crippen LogP contribution in [0.25, 0.3) is 0 Å². The van der Waals surface area contributed by atoms with Gasteiger partial charge in [0.2, 0.25) is 6.29 Å². The summed E-state index contributed by atoms with van der Waals surface area (Å²) in [6.07, 6.45) is -5.50. The highest BCUT2D eigenvalue weighted by Gasteiger charge is 2.74. The van der Waals surface area contributed by atoms with E-state index >= 15 is 0 Å². The molecule has 0 amide bonds. The Morgan fingerprint density at radius 1 is 0.709 bits per heavy atom. The highest BCUT2D eigenvalue weighted by molar-refractivity contribution is 5.85. The second-order valence-electron chi connectivity index (χ2n) is 19.9. The van der Waals surface area contributed by atoms with Gasteiger partial charge in [-0.05, 0) is 117 Å². The lowest BCUT2D eigenvalue weighted by atomic mass is 9.33. The number of allylic oxidation sites excluding steroid dienone is 1. The third kappa shape index (κ3) is 5.79. The van der Waals surface area contributed by atoms with Gasteiger partial charge < -0.3 is 54.7 Å². The van der Waals surface area contributed by atoms with Crippen LogP contribution >= 0.6 is 0 Å². The molecule has 7 N–H and O–H groups in total. The van der Waals surface area contributed by atoms with Crippen LogP contribution in [0.15, 0.2) is 11.6 Å². The van der Waals surface area contributed by atoms with Crippen molar-refractivity contribution in [2.75, 3.05) is 0 Å². The molecular weight excluding hydrogens is 712 g/mol. The molecule has 0 spiro atoms. The summed E-state index contributed by atoms with van der Waals surface area (Å²) in [6, 6.07) is 0. The van der Waals surface area contributed by atoms with Crippen LogP contribution in [0.5, 0.6) is 0 Å². The van der Waals surface area contributed by atoms with Gasteiger partial charge in [-0.25, -0.2) is 0 Å². The number of ether oxygens (including phenoxy) is 4. The van der Waals surface area contributed by atoms with Crippen molar-refractivity contribution < 1.29 is 64.3 Å². The summed E-state index contributed by atoms with van der Waals surface area (Å²) in [5, 5.41) is 74.7. The third-order valence-corrected chi connectivity index (χ3v) is 17.3. The van der Waals surface area contributed by atoms with Gasteiger partial charge in [0.25, 0.3) is 0 Å². The van der Waals surface area contributed by atoms with Crippen LogP contribution in [0.1, 0.15) is 113 Å². The summed E-state index contributed by atoms with van der Waals surface area (Å²) in [6.45, 7) is 16.3. The van der Waals surface area contributed by atoms with Gasteiger partial charge in [-0.2, -0.15) is 0 Å². The Balaban J connectivity index is 1.21. The number of aliphatic hydroxyl groups excluding tert-OH is 6. The van der Waals surface area contributed by atoms with Crippen molar-refractivity contribution in [1.29, 1.82) is 0 Å². The largest absolute Gasteiger partial charge is 0.481 e. The fraction of sp³-hybridized carbons (Fsp3) is 0.905. The first-order valence-corrected chi connectivity index (χ1v) is 20.8. The molecule has 0 aromatic heterocycles. The minimum absolute atomic E-state index is 0.0169. The Morgan fingerprint density at radius 3 is 1.93 bits per heavy atom. The quantitative estimate of drug-likeness (QED) is 0.122. The minimum Gasteiger partial charge on any atom is -0.481 e. The van der Waals surface area contributed by atoms with Crippen molar-refractivity contribution in [1.82, 2.24) is 0 Å². The van der Waals surface area contributed by atoms with Gasteiger partial charge >= 0.3 is 11.9 Å². The molecule has 2 heterocycles. The summed E-state index contributed by atoms with van der Waals surface area (Å²) >= 11 is 0. The van der Waals surface area contributed by atoms with E-state index in [0.29, 0.717) is 32.1 Å². The van der Waals surface area contributed by atoms with Crippen LogP contribution in [0, 0.1) is 56.7 Å². The standard InChI is InChI=1S/C42H66O13/c1-19-11-16-41(37(51)55-35-33(48)31(46)29(44)22(4)53-35)17-18-42(36(49)50)23(27(41)20(19)2)9-10-25-39(7)14-13-26(38(5,6)24(39)12-15-40(25,42)8)54-34-32(47)30(45)28(43)21(3)52-34/h9,19-22,24-35,43-48H,10-18H2,1-8H3,(H,49,50)/t19-,20+,21-,22-,24?,25?,26?,27?,28-,29-,30+,31+,32-,33-,34?,35?,39+,40-,41?,42-/m1/s1. The predicted octanol–water partition coefficient (Wildman–Crippen LogP) is 3.29. The van der Waals surface area contributed by atoms with Crippen molar-refractivity contribution >= 4 is 11.9 Å². The van der Waals surface area contributed by atoms with Crippen molar-refractivity contribution in [3.8, 4) is 0 Å². The van der Waals surface area contributed by atoms with Crippen molar-refractivity contribution in [2.45, 2.75) is 181 Å². The fourth-order valence-electron chi connectivity index (χ4n) is 13.8. The molecule has 7 aliphatic rings. The molecule has 5 aliphatic carbocycles. The van der Waals surface area contributed by atoms with Gasteiger partial charge in [0.15, 0.2) is 6.29 Å². The van der Waals surface area contributed by atoms with Gasteiger partial charge in [-0.3, -0.25) is 9.59 Å². The van der Waals surface area contributed by atoms with Gasteiger partial charge in [0.1, 0.15) is 36.6 Å². The maximum atomic E-state index is 14.6. The average molecular weight is 779 g/mol. The van der Waals surface area contributed by atoms with Crippen LogP contribution in [0.4, 0.5) is 0 Å². The number of carboxylic acid groups (broad SMARTS) is 1. The Labute approximate surface area is 324 Å². The van der Waals surface area contributed by atoms with E-state index in [0.717, 1.165) is 24.8 Å². The summed E-state index contributed by atoms with van der Waals surface area (Å²) in [7, 11) is 0. The number of aliphatic carboxylic acids is 1. The SMILES string of the molecule is C[C@@H]1CCC2(C(=O)OC3O[C@H](C)[C@@H](O)[C@H](O)[C@H]3O)CC[C@]3(C(=O)O)C(=CCC4[C@@]5(C)CCC(OC6O[C@H](C)[C@@H](O)[C@H](O)[C@H]6O)C(C)(C)C5CC[C@]43C)C2[C@H]1C. The van der Waals surface area contributed by atoms with Crippen LogP contribution in [-0.2, 0) is 28.5 Å². The normalized spacial score (nSPS) is 54.8. The number of hydrogen-bond acceptors (Lipinski definition) is 12. The molecule has 0 radical (unpaired) electrons. The number of esters is 1. The Morgan fingerprint density at radius 2 is 1.31 bits per heavy atom. The van der Waals surface area contributed by atoms with Gasteiger partial charge in [-0.1, -0.05) is 53.2 Å². The first-order valence-electron chi connectivity index (χ1n) is 20.8. The minimum atomic E-state index is -1.64. The Kier molecular flexibility index (Phi) is 10.5. The van der Waals surface area contributed by atoms with Crippen LogP contribution in [-0.4, -0.2) is 115 Å². The number of carbonyl (C=O) groups is 2. The second-order valence-corrected chi connectivity index (χ2v) is 19.9. The van der Waals surface area contributed by atoms with E-state index in [1.54, 1.807) is 13.8 Å². The molecule has 0 bridgehead atoms. The summed E-state index contributed by atoms with van der Waals surface area (Å²) in [5.41, 5.74) is -2.72. The fourth-order valence-corrected chi connectivity index (χ4v) is 13.8. The zero-order valence-electron chi connectivity index (χ0n) is 33.8. The maximum Gasteiger partial charge on any atom is 0.315 e. The lowest BCUT2D eigenvalue weighted by Gasteiger charge is -2.70. The highest BCUT2D eigenvalue weighted by atomic mass is 16.7. The van der Waals surface area contributed by atoms with E-state index < -0.39 is 101 Å². The molecule has 2 aliphatic heterocycles. The molecule has 7 rings (SSSR count). The van der Waals surface area contributed by atoms with Gasteiger partial charge in [0.05, 0.1) is 29.1 Å². The first-order chi connectivity index (χ1) is 25.6. The molecular formula is C42H66O13. The summed E-state index contributed by atoms with van der Waals surface area (Å²) in [5.74, 6) is -1.47. The molecule has 0 aromatic rings. The average Bonchev–Trinajstić information content (AvgIpc) is 3.12. The van der Waals surface area contributed by atoms with E-state index in [4.69, 9.17) is 18.9 Å². The lowest BCUT2D eigenvalue weighted by Crippen LogP contribution is -2.68. The van der Waals surface area contributed by atoms with Gasteiger partial charge in [0, 0.05) is 0 Å². The zero-order valence-corrected chi connectivity index (χ0v) is 33.8. The van der Waals surface area contributed by atoms with E-state index in [1.807, 2.05) is 0 Å². The first kappa shape index (κ1) is 41.5. The number of aliphatic hydroxyl groups is 6. The molecule has 4 saturated carbocycles. The molecule has 2 saturated heterocycles. The molecule has 6 fully saturated rings. The zero-order chi connectivity index (χ0) is 40.4. The summed E-state index contributed by atoms with van der Waals surface area (Å²) < 4.78 is 24.0. The van der Waals surface area contributed by atoms with Crippen molar-refractivity contribution in [3.05, 3.63) is 11.6 Å².